The molecule has 2 rings (SSSR count). The van der Waals surface area contributed by atoms with Crippen LogP contribution in [-0.2, 0) is 6.54 Å². The predicted molar refractivity (Wildman–Crippen MR) is 85.2 cm³/mol. The quantitative estimate of drug-likeness (QED) is 0.829. The van der Waals surface area contributed by atoms with E-state index < -0.39 is 11.7 Å². The fraction of sp³-hybridized carbons (Fsp3) is 0.176. The molecule has 118 valence electrons. The monoisotopic (exact) mass is 313 g/mol. The molecule has 0 saturated heterocycles. The summed E-state index contributed by atoms with van der Waals surface area (Å²) in [5.41, 5.74) is 6.19. The number of rotatable bonds is 5. The number of amides is 1. The molecule has 5 nitrogen and oxygen atoms in total. The Labute approximate surface area is 133 Å². The first-order valence-electron chi connectivity index (χ1n) is 6.92. The van der Waals surface area contributed by atoms with Gasteiger partial charge in [0.25, 0.3) is 5.91 Å². The molecule has 2 aromatic rings. The number of ether oxygens (including phenoxy) is 1. The zero-order valence-electron chi connectivity index (χ0n) is 12.6. The molecule has 0 bridgehead atoms. The summed E-state index contributed by atoms with van der Waals surface area (Å²) < 4.78 is 19.5. The first kappa shape index (κ1) is 16.3. The lowest BCUT2D eigenvalue weighted by atomic mass is 10.2. The highest BCUT2D eigenvalue weighted by molar-refractivity contribution is 5.98. The maximum atomic E-state index is 14.3. The van der Waals surface area contributed by atoms with Crippen LogP contribution < -0.4 is 15.8 Å². The van der Waals surface area contributed by atoms with Gasteiger partial charge in [-0.05, 0) is 25.1 Å². The van der Waals surface area contributed by atoms with Crippen molar-refractivity contribution in [3.8, 4) is 17.6 Å². The van der Waals surface area contributed by atoms with E-state index in [1.54, 1.807) is 31.2 Å². The highest BCUT2D eigenvalue weighted by Crippen LogP contribution is 2.20. The van der Waals surface area contributed by atoms with Gasteiger partial charge in [0, 0.05) is 18.3 Å². The van der Waals surface area contributed by atoms with Gasteiger partial charge >= 0.3 is 0 Å². The van der Waals surface area contributed by atoms with Gasteiger partial charge in [-0.15, -0.1) is 5.92 Å². The third-order valence-electron chi connectivity index (χ3n) is 3.04. The SMILES string of the molecule is CC#CCOc1cccc(CNC(=O)c2cccnc2N)c1F. The summed E-state index contributed by atoms with van der Waals surface area (Å²) in [5, 5.41) is 2.61. The summed E-state index contributed by atoms with van der Waals surface area (Å²) in [5.74, 6) is 4.64. The summed E-state index contributed by atoms with van der Waals surface area (Å²) in [4.78, 5) is 15.9. The summed E-state index contributed by atoms with van der Waals surface area (Å²) in [6.45, 7) is 1.79. The molecule has 1 aromatic carbocycles. The van der Waals surface area contributed by atoms with Crippen LogP contribution in [0.15, 0.2) is 36.5 Å². The number of nitrogen functional groups attached to an aromatic ring is 1. The second kappa shape index (κ2) is 7.80. The number of nitrogens with zero attached hydrogens (tertiary/aromatic N) is 1. The largest absolute Gasteiger partial charge is 0.478 e. The average molecular weight is 313 g/mol. The molecular formula is C17H16FN3O2. The van der Waals surface area contributed by atoms with Gasteiger partial charge < -0.3 is 15.8 Å². The van der Waals surface area contributed by atoms with E-state index in [2.05, 4.69) is 22.1 Å². The van der Waals surface area contributed by atoms with Crippen LogP contribution in [0, 0.1) is 17.7 Å². The smallest absolute Gasteiger partial charge is 0.255 e. The number of carbonyl (C=O) groups is 1. The van der Waals surface area contributed by atoms with Crippen LogP contribution in [0.2, 0.25) is 0 Å². The molecule has 23 heavy (non-hydrogen) atoms. The van der Waals surface area contributed by atoms with Crippen LogP contribution in [0.3, 0.4) is 0 Å². The van der Waals surface area contributed by atoms with Crippen molar-refractivity contribution in [2.24, 2.45) is 0 Å². The normalized spacial score (nSPS) is 9.65. The van der Waals surface area contributed by atoms with Crippen LogP contribution in [-0.4, -0.2) is 17.5 Å². The maximum Gasteiger partial charge on any atom is 0.255 e. The zero-order chi connectivity index (χ0) is 16.7. The van der Waals surface area contributed by atoms with Crippen molar-refractivity contribution < 1.29 is 13.9 Å². The Balaban J connectivity index is 2.05. The number of anilines is 1. The Hall–Kier alpha value is -3.07. The van der Waals surface area contributed by atoms with Gasteiger partial charge in [-0.3, -0.25) is 4.79 Å². The molecule has 0 aliphatic heterocycles. The third-order valence-corrected chi connectivity index (χ3v) is 3.04. The van der Waals surface area contributed by atoms with E-state index in [9.17, 15) is 9.18 Å². The number of nitrogens with one attached hydrogen (secondary N) is 1. The zero-order valence-corrected chi connectivity index (χ0v) is 12.6. The fourth-order valence-corrected chi connectivity index (χ4v) is 1.87. The van der Waals surface area contributed by atoms with Crippen LogP contribution >= 0.6 is 0 Å². The Morgan fingerprint density at radius 2 is 2.22 bits per heavy atom. The Bertz CT molecular complexity index is 766. The summed E-state index contributed by atoms with van der Waals surface area (Å²) in [6, 6.07) is 7.89. The van der Waals surface area contributed by atoms with Gasteiger partial charge in [-0.1, -0.05) is 18.1 Å². The average Bonchev–Trinajstić information content (AvgIpc) is 2.55. The molecule has 1 aromatic heterocycles. The van der Waals surface area contributed by atoms with Gasteiger partial charge in [0.1, 0.15) is 12.4 Å². The van der Waals surface area contributed by atoms with Crippen LogP contribution in [0.5, 0.6) is 5.75 Å². The molecule has 0 saturated carbocycles. The van der Waals surface area contributed by atoms with Crippen LogP contribution in [0.1, 0.15) is 22.8 Å². The van der Waals surface area contributed by atoms with E-state index in [0.717, 1.165) is 0 Å². The Morgan fingerprint density at radius 3 is 2.96 bits per heavy atom. The van der Waals surface area contributed by atoms with Gasteiger partial charge in [0.2, 0.25) is 0 Å². The van der Waals surface area contributed by atoms with E-state index in [1.807, 2.05) is 0 Å². The van der Waals surface area contributed by atoms with Crippen molar-refractivity contribution >= 4 is 11.7 Å². The van der Waals surface area contributed by atoms with E-state index in [0.29, 0.717) is 5.56 Å². The molecular weight excluding hydrogens is 297 g/mol. The van der Waals surface area contributed by atoms with Crippen molar-refractivity contribution in [2.45, 2.75) is 13.5 Å². The van der Waals surface area contributed by atoms with Crippen molar-refractivity contribution in [3.05, 3.63) is 53.5 Å². The molecule has 0 spiro atoms. The number of carbonyl (C=O) groups excluding carboxylic acids is 1. The molecule has 0 fully saturated rings. The summed E-state index contributed by atoms with van der Waals surface area (Å²) in [7, 11) is 0. The van der Waals surface area contributed by atoms with Crippen LogP contribution in [0.4, 0.5) is 10.2 Å². The highest BCUT2D eigenvalue weighted by atomic mass is 19.1. The van der Waals surface area contributed by atoms with Gasteiger partial charge in [-0.25, -0.2) is 9.37 Å². The lowest BCUT2D eigenvalue weighted by Crippen LogP contribution is -2.24. The first-order chi connectivity index (χ1) is 11.1. The molecule has 0 aliphatic rings. The number of hydrogen-bond acceptors (Lipinski definition) is 4. The van der Waals surface area contributed by atoms with Gasteiger partial charge in [0.15, 0.2) is 11.6 Å². The number of hydrogen-bond donors (Lipinski definition) is 2. The first-order valence-corrected chi connectivity index (χ1v) is 6.92. The molecule has 6 heteroatoms. The standard InChI is InChI=1S/C17H16FN3O2/c1-2-3-10-23-14-8-4-6-12(15(14)18)11-21-17(22)13-7-5-9-20-16(13)19/h4-9H,10-11H2,1H3,(H2,19,20)(H,21,22). The summed E-state index contributed by atoms with van der Waals surface area (Å²) in [6.07, 6.45) is 1.49. The fourth-order valence-electron chi connectivity index (χ4n) is 1.87. The van der Waals surface area contributed by atoms with Gasteiger partial charge in [-0.2, -0.15) is 0 Å². The van der Waals surface area contributed by atoms with E-state index >= 15 is 0 Å². The third kappa shape index (κ3) is 4.20. The predicted octanol–water partition coefficient (Wildman–Crippen LogP) is 2.13. The van der Waals surface area contributed by atoms with Crippen molar-refractivity contribution in [3.63, 3.8) is 0 Å². The van der Waals surface area contributed by atoms with Crippen LogP contribution in [0.25, 0.3) is 0 Å². The molecule has 0 aliphatic carbocycles. The minimum absolute atomic E-state index is 0.00958. The number of halogens is 1. The number of nitrogens with two attached hydrogens (primary N) is 1. The number of benzene rings is 1. The highest BCUT2D eigenvalue weighted by Gasteiger charge is 2.13. The van der Waals surface area contributed by atoms with Crippen molar-refractivity contribution in [1.29, 1.82) is 0 Å². The second-order valence-corrected chi connectivity index (χ2v) is 4.56. The van der Waals surface area contributed by atoms with Crippen molar-refractivity contribution in [1.82, 2.24) is 10.3 Å². The Kier molecular flexibility index (Phi) is 5.53. The minimum atomic E-state index is -0.523. The maximum absolute atomic E-state index is 14.3. The Morgan fingerprint density at radius 1 is 1.39 bits per heavy atom. The van der Waals surface area contributed by atoms with E-state index in [-0.39, 0.29) is 30.3 Å². The molecule has 0 unspecified atom stereocenters. The second-order valence-electron chi connectivity index (χ2n) is 4.56. The number of pyridine rings is 1. The lowest BCUT2D eigenvalue weighted by molar-refractivity contribution is 0.0951. The van der Waals surface area contributed by atoms with E-state index in [1.165, 1.54) is 12.3 Å². The summed E-state index contributed by atoms with van der Waals surface area (Å²) >= 11 is 0. The minimum Gasteiger partial charge on any atom is -0.478 e. The molecule has 3 N–H and O–H groups in total. The molecule has 1 heterocycles. The molecule has 0 atom stereocenters. The number of aromatic nitrogens is 1. The molecule has 0 radical (unpaired) electrons. The topological polar surface area (TPSA) is 77.2 Å². The van der Waals surface area contributed by atoms with Gasteiger partial charge in [0.05, 0.1) is 5.56 Å². The van der Waals surface area contributed by atoms with Crippen molar-refractivity contribution in [2.75, 3.05) is 12.3 Å². The van der Waals surface area contributed by atoms with E-state index in [4.69, 9.17) is 10.5 Å². The molecule has 1 amide bonds. The lowest BCUT2D eigenvalue weighted by Gasteiger charge is -2.10.